The summed E-state index contributed by atoms with van der Waals surface area (Å²) < 4.78 is 58.7. The molecule has 1 saturated carbocycles. The highest BCUT2D eigenvalue weighted by Crippen LogP contribution is 2.52. The number of carbonyl (C=O) groups is 1. The van der Waals surface area contributed by atoms with Gasteiger partial charge in [-0.3, -0.25) is 4.79 Å². The van der Waals surface area contributed by atoms with Gasteiger partial charge in [-0.1, -0.05) is 6.07 Å². The zero-order valence-electron chi connectivity index (χ0n) is 19.2. The molecule has 1 aliphatic carbocycles. The minimum atomic E-state index is -3.76. The molecule has 0 saturated heterocycles. The van der Waals surface area contributed by atoms with E-state index in [2.05, 4.69) is 14.8 Å². The largest absolute Gasteiger partial charge is 0.586 e. The third-order valence-electron chi connectivity index (χ3n) is 7.27. The van der Waals surface area contributed by atoms with Crippen LogP contribution in [0.3, 0.4) is 0 Å². The molecule has 2 aliphatic heterocycles. The van der Waals surface area contributed by atoms with E-state index in [-0.39, 0.29) is 30.4 Å². The molecule has 1 aromatic heterocycles. The van der Waals surface area contributed by atoms with Gasteiger partial charge < -0.3 is 34.3 Å². The molecule has 2 aromatic carbocycles. The van der Waals surface area contributed by atoms with E-state index >= 15 is 4.39 Å². The Hall–Kier alpha value is -3.28. The molecule has 1 unspecified atom stereocenters. The molecule has 36 heavy (non-hydrogen) atoms. The zero-order valence-corrected chi connectivity index (χ0v) is 19.2. The van der Waals surface area contributed by atoms with Gasteiger partial charge >= 0.3 is 6.29 Å². The summed E-state index contributed by atoms with van der Waals surface area (Å²) in [5.74, 6) is -1.35. The molecule has 3 aliphatic rings. The lowest BCUT2D eigenvalue weighted by atomic mass is 9.94. The number of ether oxygens (including phenoxy) is 3. The summed E-state index contributed by atoms with van der Waals surface area (Å²) in [5.41, 5.74) is -0.223. The van der Waals surface area contributed by atoms with Crippen LogP contribution in [0.2, 0.25) is 0 Å². The summed E-state index contributed by atoms with van der Waals surface area (Å²) in [6, 6.07) is 8.89. The molecule has 1 fully saturated rings. The van der Waals surface area contributed by atoms with E-state index in [9.17, 15) is 18.7 Å². The average molecular weight is 505 g/mol. The van der Waals surface area contributed by atoms with Crippen molar-refractivity contribution >= 4 is 22.5 Å². The Kier molecular flexibility index (Phi) is 4.89. The van der Waals surface area contributed by atoms with E-state index < -0.39 is 35.1 Å². The van der Waals surface area contributed by atoms with Gasteiger partial charge in [-0.15, -0.1) is 8.78 Å². The van der Waals surface area contributed by atoms with Crippen LogP contribution in [0.15, 0.2) is 36.4 Å². The lowest BCUT2D eigenvalue weighted by Crippen LogP contribution is -2.44. The molecule has 0 bridgehead atoms. The van der Waals surface area contributed by atoms with Gasteiger partial charge in [0.15, 0.2) is 23.7 Å². The Morgan fingerprint density at radius 3 is 2.64 bits per heavy atom. The number of nitrogens with one attached hydrogen (secondary N) is 1. The van der Waals surface area contributed by atoms with Gasteiger partial charge in [0.1, 0.15) is 11.9 Å². The second-order valence-electron chi connectivity index (χ2n) is 9.73. The van der Waals surface area contributed by atoms with Crippen LogP contribution >= 0.6 is 0 Å². The van der Waals surface area contributed by atoms with Crippen molar-refractivity contribution in [2.75, 3.05) is 18.5 Å². The van der Waals surface area contributed by atoms with E-state index in [0.717, 1.165) is 0 Å². The van der Waals surface area contributed by atoms with Gasteiger partial charge in [-0.2, -0.15) is 0 Å². The lowest BCUT2D eigenvalue weighted by Gasteiger charge is -2.36. The monoisotopic (exact) mass is 505 g/mol. The number of benzene rings is 2. The van der Waals surface area contributed by atoms with E-state index in [1.807, 2.05) is 4.57 Å². The average Bonchev–Trinajstić information content (AvgIpc) is 3.49. The van der Waals surface area contributed by atoms with Gasteiger partial charge in [0.25, 0.3) is 0 Å². The number of alkyl halides is 2. The highest BCUT2D eigenvalue weighted by Gasteiger charge is 2.53. The number of fused-ring (bicyclic) bond motifs is 4. The molecule has 11 heteroatoms. The molecular weight excluding hydrogens is 481 g/mol. The number of hydrogen-bond donors (Lipinski definition) is 2. The first-order chi connectivity index (χ1) is 17.1. The van der Waals surface area contributed by atoms with E-state index in [4.69, 9.17) is 9.84 Å². The summed E-state index contributed by atoms with van der Waals surface area (Å²) in [4.78, 5) is 13.3. The van der Waals surface area contributed by atoms with Crippen molar-refractivity contribution in [2.45, 2.75) is 49.7 Å². The van der Waals surface area contributed by atoms with Crippen LogP contribution in [0.25, 0.3) is 10.9 Å². The molecule has 6 rings (SSSR count). The number of halogens is 3. The highest BCUT2D eigenvalue weighted by atomic mass is 19.3. The first-order valence-electron chi connectivity index (χ1n) is 11.6. The third kappa shape index (κ3) is 3.45. The SMILES string of the molecule is CC1(C[OH2+])O[C@@H](CO)Cn2c1cc1cc(NC(=O)C3(c4ccc5c(c4)OC(F)(F)O5)CC3)c(F)cc12. The fourth-order valence-electron chi connectivity index (χ4n) is 5.17. The first kappa shape index (κ1) is 23.1. The minimum absolute atomic E-state index is 0.0128. The number of aliphatic hydroxyl groups is 1. The fraction of sp³-hybridized carbons (Fsp3) is 0.400. The number of amides is 1. The second kappa shape index (κ2) is 7.61. The molecule has 2 atom stereocenters. The summed E-state index contributed by atoms with van der Waals surface area (Å²) >= 11 is 0. The summed E-state index contributed by atoms with van der Waals surface area (Å²) in [5, 5.41) is 20.9. The Bertz CT molecular complexity index is 1400. The summed E-state index contributed by atoms with van der Waals surface area (Å²) in [7, 11) is 0. The molecule has 8 nitrogen and oxygen atoms in total. The number of aromatic nitrogens is 1. The number of anilines is 1. The third-order valence-corrected chi connectivity index (χ3v) is 7.27. The van der Waals surface area contributed by atoms with Crippen LogP contribution in [-0.2, 0) is 27.1 Å². The van der Waals surface area contributed by atoms with Gasteiger partial charge in [-0.25, -0.2) is 4.39 Å². The fourth-order valence-corrected chi connectivity index (χ4v) is 5.17. The molecule has 3 aromatic rings. The number of nitrogens with zero attached hydrogens (tertiary/aromatic N) is 1. The molecule has 190 valence electrons. The summed E-state index contributed by atoms with van der Waals surface area (Å²) in [6.07, 6.45) is -3.34. The van der Waals surface area contributed by atoms with Crippen LogP contribution in [0, 0.1) is 5.82 Å². The van der Waals surface area contributed by atoms with Gasteiger partial charge in [0, 0.05) is 11.5 Å². The number of aliphatic hydroxyl groups excluding tert-OH is 1. The maximum absolute atomic E-state index is 15.2. The van der Waals surface area contributed by atoms with Crippen LogP contribution in [0.1, 0.15) is 31.0 Å². The maximum Gasteiger partial charge on any atom is 0.586 e. The molecule has 4 N–H and O–H groups in total. The number of carbonyl (C=O) groups excluding carboxylic acids is 1. The van der Waals surface area contributed by atoms with Crippen molar-refractivity contribution in [1.29, 1.82) is 0 Å². The Balaban J connectivity index is 1.31. The first-order valence-corrected chi connectivity index (χ1v) is 11.6. The Morgan fingerprint density at radius 1 is 1.19 bits per heavy atom. The van der Waals surface area contributed by atoms with E-state index in [0.29, 0.717) is 41.5 Å². The molecular formula is C25H24F3N2O6+. The molecule has 1 amide bonds. The number of hydrogen-bond acceptors (Lipinski definition) is 5. The van der Waals surface area contributed by atoms with Crippen molar-refractivity contribution in [3.63, 3.8) is 0 Å². The van der Waals surface area contributed by atoms with Crippen LogP contribution in [0.5, 0.6) is 11.5 Å². The van der Waals surface area contributed by atoms with Crippen LogP contribution in [-0.4, -0.2) is 46.3 Å². The summed E-state index contributed by atoms with van der Waals surface area (Å²) in [6.45, 7) is 1.74. The zero-order chi connectivity index (χ0) is 25.5. The van der Waals surface area contributed by atoms with E-state index in [1.165, 1.54) is 30.3 Å². The quantitative estimate of drug-likeness (QED) is 0.519. The van der Waals surface area contributed by atoms with Crippen LogP contribution in [0.4, 0.5) is 18.9 Å². The molecule has 0 spiro atoms. The van der Waals surface area contributed by atoms with Gasteiger partial charge in [0.2, 0.25) is 5.91 Å². The van der Waals surface area contributed by atoms with Crippen molar-refractivity contribution in [3.8, 4) is 11.5 Å². The molecule has 0 radical (unpaired) electrons. The van der Waals surface area contributed by atoms with Gasteiger partial charge in [0.05, 0.1) is 35.5 Å². The van der Waals surface area contributed by atoms with Crippen molar-refractivity contribution < 1.29 is 42.4 Å². The standard InChI is InChI=1S/C25H23F3N2O6/c1-23(12-32)21-7-13-6-17(16(26)9-18(13)30(21)10-15(11-31)34-23)29-22(33)24(4-5-24)14-2-3-19-20(8-14)36-25(27,28)35-19/h2-3,6-9,15,31-32H,4-5,10-12H2,1H3,(H,29,33)/p+1/t15-,23?/m1/s1. The maximum atomic E-state index is 15.2. The molecule has 3 heterocycles. The topological polar surface area (TPSA) is 105 Å². The van der Waals surface area contributed by atoms with Crippen molar-refractivity contribution in [1.82, 2.24) is 4.57 Å². The smallest absolute Gasteiger partial charge is 0.443 e. The predicted molar refractivity (Wildman–Crippen MR) is 122 cm³/mol. The van der Waals surface area contributed by atoms with Crippen LogP contribution < -0.4 is 14.8 Å². The van der Waals surface area contributed by atoms with Crippen molar-refractivity contribution in [3.05, 3.63) is 53.5 Å². The normalized spacial score (nSPS) is 25.0. The lowest BCUT2D eigenvalue weighted by molar-refractivity contribution is -0.286. The van der Waals surface area contributed by atoms with Gasteiger partial charge in [-0.05, 0) is 49.6 Å². The predicted octanol–water partition coefficient (Wildman–Crippen LogP) is 3.10. The Morgan fingerprint density at radius 2 is 1.94 bits per heavy atom. The van der Waals surface area contributed by atoms with Crippen molar-refractivity contribution in [2.24, 2.45) is 0 Å². The second-order valence-corrected chi connectivity index (χ2v) is 9.73. The minimum Gasteiger partial charge on any atom is -0.443 e. The Labute approximate surface area is 203 Å². The number of rotatable bonds is 5. The highest BCUT2D eigenvalue weighted by molar-refractivity contribution is 6.02. The van der Waals surface area contributed by atoms with E-state index in [1.54, 1.807) is 13.0 Å².